The molecule has 3 atom stereocenters. The lowest BCUT2D eigenvalue weighted by Gasteiger charge is -2.29. The molecular formula is C30H32N4O7S. The lowest BCUT2D eigenvalue weighted by atomic mass is 10.0. The predicted octanol–water partition coefficient (Wildman–Crippen LogP) is 2.50. The van der Waals surface area contributed by atoms with Crippen molar-refractivity contribution in [2.45, 2.75) is 49.8 Å². The summed E-state index contributed by atoms with van der Waals surface area (Å²) in [6.45, 7) is 3.55. The largest absolute Gasteiger partial charge is 0.618 e. The molecule has 1 aromatic heterocycles. The van der Waals surface area contributed by atoms with Gasteiger partial charge >= 0.3 is 15.0 Å². The summed E-state index contributed by atoms with van der Waals surface area (Å²) in [4.78, 5) is 41.5. The fourth-order valence-electron chi connectivity index (χ4n) is 5.51. The second-order valence-corrected chi connectivity index (χ2v) is 12.6. The number of nitrogens with one attached hydrogen (secondary N) is 1. The molecule has 2 fully saturated rings. The molecule has 2 aromatic carbocycles. The fraction of sp³-hybridized carbons (Fsp3) is 0.333. The average molecular weight is 593 g/mol. The minimum absolute atomic E-state index is 0.0426. The zero-order valence-corrected chi connectivity index (χ0v) is 24.1. The summed E-state index contributed by atoms with van der Waals surface area (Å²) in [6.07, 6.45) is 1.64. The Morgan fingerprint density at radius 2 is 1.69 bits per heavy atom. The van der Waals surface area contributed by atoms with E-state index in [1.165, 1.54) is 23.1 Å². The fourth-order valence-corrected chi connectivity index (χ4v) is 7.16. The molecule has 0 bridgehead atoms. The van der Waals surface area contributed by atoms with Crippen molar-refractivity contribution in [1.29, 1.82) is 0 Å². The third kappa shape index (κ3) is 5.86. The average Bonchev–Trinajstić information content (AvgIpc) is 3.54. The Balaban J connectivity index is 1.30. The number of pyridine rings is 1. The Morgan fingerprint density at radius 1 is 1.02 bits per heavy atom. The molecule has 3 heterocycles. The Hall–Kier alpha value is -4.29. The van der Waals surface area contributed by atoms with Gasteiger partial charge in [-0.3, -0.25) is 14.4 Å². The van der Waals surface area contributed by atoms with Gasteiger partial charge in [0.15, 0.2) is 12.0 Å². The number of aromatic nitrogens is 1. The van der Waals surface area contributed by atoms with Crippen LogP contribution >= 0.6 is 0 Å². The van der Waals surface area contributed by atoms with Crippen LogP contribution in [-0.4, -0.2) is 66.4 Å². The lowest BCUT2D eigenvalue weighted by Crippen LogP contribution is -2.53. The highest BCUT2D eigenvalue weighted by Crippen LogP contribution is 2.34. The standard InChI is InChI=1S/C30H32N4O7S/c1-20(2)18-24(31-29(36)21-11-13-23(14-12-21)41-22-8-4-3-5-9-22)30(37)32-17-15-25-28(32)26(35)19-34(25)42(39,40)27-10-6-7-16-33(27)38/h3-14,16,20,24-25,28H,15,17-19H2,1-2H3,(H,31,36). The van der Waals surface area contributed by atoms with Crippen LogP contribution in [0.4, 0.5) is 0 Å². The van der Waals surface area contributed by atoms with Gasteiger partial charge in [0.1, 0.15) is 23.6 Å². The smallest absolute Gasteiger partial charge is 0.323 e. The van der Waals surface area contributed by atoms with Crippen molar-refractivity contribution in [3.63, 3.8) is 0 Å². The van der Waals surface area contributed by atoms with Gasteiger partial charge in [0.2, 0.25) is 5.91 Å². The van der Waals surface area contributed by atoms with E-state index in [0.717, 1.165) is 10.5 Å². The predicted molar refractivity (Wildman–Crippen MR) is 152 cm³/mol. The number of fused-ring (bicyclic) bond motifs is 1. The summed E-state index contributed by atoms with van der Waals surface area (Å²) < 4.78 is 33.7. The third-order valence-electron chi connectivity index (χ3n) is 7.43. The number of para-hydroxylation sites is 1. The highest BCUT2D eigenvalue weighted by molar-refractivity contribution is 7.89. The number of nitrogens with zero attached hydrogens (tertiary/aromatic N) is 3. The van der Waals surface area contributed by atoms with E-state index in [0.29, 0.717) is 23.5 Å². The van der Waals surface area contributed by atoms with Crippen molar-refractivity contribution < 1.29 is 32.3 Å². The number of carbonyl (C=O) groups is 3. The first-order chi connectivity index (χ1) is 20.1. The monoisotopic (exact) mass is 592 g/mol. The van der Waals surface area contributed by atoms with Crippen molar-refractivity contribution >= 4 is 27.6 Å². The Morgan fingerprint density at radius 3 is 2.36 bits per heavy atom. The van der Waals surface area contributed by atoms with Gasteiger partial charge in [0, 0.05) is 24.2 Å². The summed E-state index contributed by atoms with van der Waals surface area (Å²) in [6, 6.07) is 17.1. The van der Waals surface area contributed by atoms with E-state index in [1.54, 1.807) is 24.3 Å². The number of Topliss-reactive ketones (excluding diaryl/α,β-unsaturated/α-hetero) is 1. The third-order valence-corrected chi connectivity index (χ3v) is 9.29. The van der Waals surface area contributed by atoms with Gasteiger partial charge in [0.05, 0.1) is 12.6 Å². The van der Waals surface area contributed by atoms with Gasteiger partial charge in [-0.25, -0.2) is 8.42 Å². The number of hydrogen-bond donors (Lipinski definition) is 1. The molecule has 2 aliphatic rings. The molecule has 11 nitrogen and oxygen atoms in total. The zero-order chi connectivity index (χ0) is 30.0. The van der Waals surface area contributed by atoms with Gasteiger partial charge in [-0.05, 0) is 61.2 Å². The molecule has 2 amide bonds. The molecule has 3 aromatic rings. The van der Waals surface area contributed by atoms with E-state index in [-0.39, 0.29) is 23.6 Å². The molecule has 2 saturated heterocycles. The molecule has 3 unspecified atom stereocenters. The van der Waals surface area contributed by atoms with Crippen LogP contribution in [0.15, 0.2) is 84.0 Å². The van der Waals surface area contributed by atoms with Crippen LogP contribution in [0.3, 0.4) is 0 Å². The number of likely N-dealkylation sites (tertiary alicyclic amines) is 1. The molecule has 2 aliphatic heterocycles. The van der Waals surface area contributed by atoms with Gasteiger partial charge in [0.25, 0.3) is 5.91 Å². The lowest BCUT2D eigenvalue weighted by molar-refractivity contribution is -0.646. The summed E-state index contributed by atoms with van der Waals surface area (Å²) in [5, 5.41) is 14.5. The first-order valence-electron chi connectivity index (χ1n) is 13.7. The second kappa shape index (κ2) is 11.9. The normalized spacial score (nSPS) is 19.5. The number of ketones is 1. The van der Waals surface area contributed by atoms with Crippen molar-refractivity contribution in [3.05, 3.63) is 89.8 Å². The van der Waals surface area contributed by atoms with Crippen molar-refractivity contribution in [1.82, 2.24) is 14.5 Å². The van der Waals surface area contributed by atoms with E-state index >= 15 is 0 Å². The van der Waals surface area contributed by atoms with Crippen LogP contribution in [-0.2, 0) is 19.6 Å². The van der Waals surface area contributed by atoms with Crippen molar-refractivity contribution in [2.24, 2.45) is 5.92 Å². The highest BCUT2D eigenvalue weighted by Gasteiger charge is 2.55. The molecule has 220 valence electrons. The minimum Gasteiger partial charge on any atom is -0.618 e. The van der Waals surface area contributed by atoms with Gasteiger partial charge in [-0.2, -0.15) is 9.04 Å². The molecule has 12 heteroatoms. The van der Waals surface area contributed by atoms with E-state index in [1.807, 2.05) is 44.2 Å². The summed E-state index contributed by atoms with van der Waals surface area (Å²) >= 11 is 0. The summed E-state index contributed by atoms with van der Waals surface area (Å²) in [5.41, 5.74) is 0.333. The van der Waals surface area contributed by atoms with Crippen molar-refractivity contribution in [2.75, 3.05) is 13.1 Å². The van der Waals surface area contributed by atoms with Crippen LogP contribution in [0.25, 0.3) is 0 Å². The van der Waals surface area contributed by atoms with Crippen LogP contribution in [0, 0.1) is 11.1 Å². The SMILES string of the molecule is CC(C)CC(NC(=O)c1ccc(Oc2ccccc2)cc1)C(=O)N1CCC2C1C(=O)CN2S(=O)(=O)c1cccc[n+]1[O-]. The maximum atomic E-state index is 13.8. The zero-order valence-electron chi connectivity index (χ0n) is 23.3. The second-order valence-electron chi connectivity index (χ2n) is 10.8. The number of carbonyl (C=O) groups excluding carboxylic acids is 3. The van der Waals surface area contributed by atoms with Gasteiger partial charge < -0.3 is 20.2 Å². The number of rotatable bonds is 9. The molecule has 0 saturated carbocycles. The molecule has 0 aliphatic carbocycles. The quantitative estimate of drug-likeness (QED) is 0.297. The Bertz CT molecular complexity index is 1580. The topological polar surface area (TPSA) is 140 Å². The minimum atomic E-state index is -4.28. The first-order valence-corrected chi connectivity index (χ1v) is 15.2. The van der Waals surface area contributed by atoms with Gasteiger partial charge in [-0.15, -0.1) is 0 Å². The maximum absolute atomic E-state index is 13.8. The van der Waals surface area contributed by atoms with Crippen molar-refractivity contribution in [3.8, 4) is 11.5 Å². The van der Waals surface area contributed by atoms with E-state index in [2.05, 4.69) is 5.32 Å². The molecule has 0 spiro atoms. The van der Waals surface area contributed by atoms with Crippen LogP contribution < -0.4 is 14.8 Å². The van der Waals surface area contributed by atoms with E-state index in [9.17, 15) is 28.0 Å². The first kappa shape index (κ1) is 29.2. The molecule has 1 N–H and O–H groups in total. The molecule has 42 heavy (non-hydrogen) atoms. The molecule has 5 rings (SSSR count). The Labute approximate surface area is 244 Å². The Kier molecular flexibility index (Phi) is 8.28. The number of hydrogen-bond acceptors (Lipinski definition) is 7. The highest BCUT2D eigenvalue weighted by atomic mass is 32.2. The number of sulfonamides is 1. The molecule has 0 radical (unpaired) electrons. The van der Waals surface area contributed by atoms with E-state index in [4.69, 9.17) is 4.74 Å². The van der Waals surface area contributed by atoms with E-state index < -0.39 is 57.3 Å². The van der Waals surface area contributed by atoms with Crippen LogP contribution in [0.2, 0.25) is 0 Å². The van der Waals surface area contributed by atoms with Crippen LogP contribution in [0.5, 0.6) is 11.5 Å². The summed E-state index contributed by atoms with van der Waals surface area (Å²) in [7, 11) is -4.28. The maximum Gasteiger partial charge on any atom is 0.323 e. The molecular weight excluding hydrogens is 560 g/mol. The number of ether oxygens (including phenoxy) is 1. The number of amides is 2. The summed E-state index contributed by atoms with van der Waals surface area (Å²) in [5.74, 6) is -0.0766. The van der Waals surface area contributed by atoms with Gasteiger partial charge in [-0.1, -0.05) is 32.0 Å². The van der Waals surface area contributed by atoms with Crippen LogP contribution in [0.1, 0.15) is 37.0 Å². The number of benzene rings is 2.